The minimum absolute atomic E-state index is 0.0116. The fourth-order valence-electron chi connectivity index (χ4n) is 2.41. The van der Waals surface area contributed by atoms with E-state index in [0.29, 0.717) is 11.1 Å². The molecule has 1 aromatic heterocycles. The molecule has 3 aromatic rings. The molecule has 0 amide bonds. The Morgan fingerprint density at radius 1 is 1.00 bits per heavy atom. The third-order valence-corrected chi connectivity index (χ3v) is 3.36. The molecule has 100 valence electrons. The number of nitrogens with one attached hydrogen (secondary N) is 1. The summed E-state index contributed by atoms with van der Waals surface area (Å²) in [4.78, 5) is 3.05. The van der Waals surface area contributed by atoms with Crippen molar-refractivity contribution in [2.45, 2.75) is 6.92 Å². The van der Waals surface area contributed by atoms with E-state index in [-0.39, 0.29) is 5.57 Å². The number of aryl methyl sites for hydroxylation is 1. The van der Waals surface area contributed by atoms with Crippen molar-refractivity contribution in [1.29, 1.82) is 0 Å². The van der Waals surface area contributed by atoms with E-state index >= 15 is 0 Å². The van der Waals surface area contributed by atoms with Crippen molar-refractivity contribution in [2.75, 3.05) is 0 Å². The van der Waals surface area contributed by atoms with Crippen LogP contribution in [-0.2, 0) is 0 Å². The highest BCUT2D eigenvalue weighted by atomic mass is 19.3. The van der Waals surface area contributed by atoms with Crippen LogP contribution in [0.15, 0.2) is 60.8 Å². The van der Waals surface area contributed by atoms with Gasteiger partial charge in [0, 0.05) is 22.7 Å². The summed E-state index contributed by atoms with van der Waals surface area (Å²) >= 11 is 0. The smallest absolute Gasteiger partial charge is 0.278 e. The van der Waals surface area contributed by atoms with Gasteiger partial charge >= 0.3 is 0 Å². The molecular weight excluding hydrogens is 256 g/mol. The molecule has 2 aromatic carbocycles. The Balaban J connectivity index is 2.27. The van der Waals surface area contributed by atoms with Crippen LogP contribution < -0.4 is 0 Å². The van der Waals surface area contributed by atoms with Gasteiger partial charge in [-0.15, -0.1) is 0 Å². The molecule has 0 spiro atoms. The van der Waals surface area contributed by atoms with E-state index in [1.54, 1.807) is 30.5 Å². The maximum atomic E-state index is 13.4. The molecule has 0 unspecified atom stereocenters. The molecule has 0 bridgehead atoms. The first-order valence-corrected chi connectivity index (χ1v) is 6.35. The van der Waals surface area contributed by atoms with Gasteiger partial charge in [-0.3, -0.25) is 0 Å². The number of aromatic nitrogens is 1. The minimum Gasteiger partial charge on any atom is -0.361 e. The van der Waals surface area contributed by atoms with Crippen molar-refractivity contribution in [1.82, 2.24) is 4.98 Å². The van der Waals surface area contributed by atoms with Crippen molar-refractivity contribution in [3.05, 3.63) is 77.5 Å². The van der Waals surface area contributed by atoms with Gasteiger partial charge in [0.05, 0.1) is 5.57 Å². The average molecular weight is 269 g/mol. The second-order valence-corrected chi connectivity index (χ2v) is 4.75. The van der Waals surface area contributed by atoms with Crippen LogP contribution in [0.4, 0.5) is 8.78 Å². The zero-order valence-corrected chi connectivity index (χ0v) is 11.0. The molecule has 0 saturated heterocycles. The monoisotopic (exact) mass is 269 g/mol. The lowest BCUT2D eigenvalue weighted by atomic mass is 9.98. The fourth-order valence-corrected chi connectivity index (χ4v) is 2.41. The van der Waals surface area contributed by atoms with Crippen LogP contribution >= 0.6 is 0 Å². The summed E-state index contributed by atoms with van der Waals surface area (Å²) in [5.74, 6) is 0. The molecule has 3 heteroatoms. The molecule has 1 N–H and O–H groups in total. The predicted octanol–water partition coefficient (Wildman–Crippen LogP) is 5.13. The number of aromatic amines is 1. The standard InChI is InChI=1S/C17H13F2N/c1-11-7-8-15-13(9-11)14(10-20-15)16(17(18)19)12-5-3-2-4-6-12/h2-10,20H,1H3. The molecule has 20 heavy (non-hydrogen) atoms. The number of hydrogen-bond donors (Lipinski definition) is 1. The van der Waals surface area contributed by atoms with Gasteiger partial charge < -0.3 is 4.98 Å². The highest BCUT2D eigenvalue weighted by molar-refractivity contribution is 5.97. The highest BCUT2D eigenvalue weighted by Crippen LogP contribution is 2.33. The number of halogens is 2. The van der Waals surface area contributed by atoms with Crippen molar-refractivity contribution in [2.24, 2.45) is 0 Å². The summed E-state index contributed by atoms with van der Waals surface area (Å²) in [5, 5.41) is 0.816. The van der Waals surface area contributed by atoms with Crippen molar-refractivity contribution < 1.29 is 8.78 Å². The Hall–Kier alpha value is -2.42. The zero-order valence-electron chi connectivity index (χ0n) is 11.0. The van der Waals surface area contributed by atoms with E-state index in [2.05, 4.69) is 4.98 Å². The SMILES string of the molecule is Cc1ccc2[nH]cc(C(=C(F)F)c3ccccc3)c2c1. The molecule has 0 aliphatic heterocycles. The van der Waals surface area contributed by atoms with Gasteiger partial charge in [-0.25, -0.2) is 0 Å². The van der Waals surface area contributed by atoms with Crippen molar-refractivity contribution in [3.63, 3.8) is 0 Å². The van der Waals surface area contributed by atoms with Gasteiger partial charge in [-0.2, -0.15) is 8.78 Å². The topological polar surface area (TPSA) is 15.8 Å². The van der Waals surface area contributed by atoms with Gasteiger partial charge in [0.25, 0.3) is 6.08 Å². The molecule has 0 atom stereocenters. The predicted molar refractivity (Wildman–Crippen MR) is 77.7 cm³/mol. The Bertz CT molecular complexity index is 781. The first-order chi connectivity index (χ1) is 9.66. The summed E-state index contributed by atoms with van der Waals surface area (Å²) in [6.07, 6.45) is -0.0235. The van der Waals surface area contributed by atoms with Crippen LogP contribution in [0.1, 0.15) is 16.7 Å². The molecule has 0 radical (unpaired) electrons. The maximum absolute atomic E-state index is 13.4. The molecule has 0 saturated carbocycles. The second kappa shape index (κ2) is 4.93. The molecular formula is C17H13F2N. The van der Waals surface area contributed by atoms with Gasteiger partial charge in [0.2, 0.25) is 0 Å². The van der Waals surface area contributed by atoms with E-state index in [1.165, 1.54) is 0 Å². The lowest BCUT2D eigenvalue weighted by Gasteiger charge is -2.06. The molecule has 0 aliphatic rings. The third kappa shape index (κ3) is 2.11. The molecule has 1 heterocycles. The van der Waals surface area contributed by atoms with Gasteiger partial charge in [0.15, 0.2) is 0 Å². The summed E-state index contributed by atoms with van der Waals surface area (Å²) in [5.41, 5.74) is 2.96. The molecule has 3 rings (SSSR count). The quantitative estimate of drug-likeness (QED) is 0.663. The van der Waals surface area contributed by atoms with Crippen molar-refractivity contribution >= 4 is 16.5 Å². The number of fused-ring (bicyclic) bond motifs is 1. The summed E-state index contributed by atoms with van der Waals surface area (Å²) in [7, 11) is 0. The van der Waals surface area contributed by atoms with Crippen molar-refractivity contribution in [3.8, 4) is 0 Å². The Kier molecular flexibility index (Phi) is 3.11. The molecule has 1 nitrogen and oxygen atoms in total. The first-order valence-electron chi connectivity index (χ1n) is 6.35. The van der Waals surface area contributed by atoms with Crippen LogP contribution in [-0.4, -0.2) is 4.98 Å². The zero-order chi connectivity index (χ0) is 14.1. The van der Waals surface area contributed by atoms with Crippen LogP contribution in [0.5, 0.6) is 0 Å². The Morgan fingerprint density at radius 3 is 2.45 bits per heavy atom. The number of H-pyrrole nitrogens is 1. The van der Waals surface area contributed by atoms with Gasteiger partial charge in [-0.05, 0) is 24.6 Å². The Labute approximate surface area is 115 Å². The van der Waals surface area contributed by atoms with Gasteiger partial charge in [0.1, 0.15) is 0 Å². The van der Waals surface area contributed by atoms with Gasteiger partial charge in [-0.1, -0.05) is 42.0 Å². The van der Waals surface area contributed by atoms with Crippen LogP contribution in [0.25, 0.3) is 16.5 Å². The first kappa shape index (κ1) is 12.6. The molecule has 0 aliphatic carbocycles. The highest BCUT2D eigenvalue weighted by Gasteiger charge is 2.16. The lowest BCUT2D eigenvalue weighted by molar-refractivity contribution is 0.426. The largest absolute Gasteiger partial charge is 0.361 e. The number of benzene rings is 2. The minimum atomic E-state index is -1.67. The van der Waals surface area contributed by atoms with E-state index in [1.807, 2.05) is 31.2 Å². The lowest BCUT2D eigenvalue weighted by Crippen LogP contribution is -1.88. The molecule has 0 fully saturated rings. The average Bonchev–Trinajstić information content (AvgIpc) is 2.83. The summed E-state index contributed by atoms with van der Waals surface area (Å²) in [6.45, 7) is 1.95. The van der Waals surface area contributed by atoms with Crippen LogP contribution in [0.2, 0.25) is 0 Å². The second-order valence-electron chi connectivity index (χ2n) is 4.75. The van der Waals surface area contributed by atoms with E-state index in [4.69, 9.17) is 0 Å². The number of hydrogen-bond acceptors (Lipinski definition) is 0. The normalized spacial score (nSPS) is 10.8. The summed E-state index contributed by atoms with van der Waals surface area (Å²) in [6, 6.07) is 14.5. The van der Waals surface area contributed by atoms with E-state index in [0.717, 1.165) is 16.5 Å². The van der Waals surface area contributed by atoms with E-state index in [9.17, 15) is 8.78 Å². The Morgan fingerprint density at radius 2 is 1.75 bits per heavy atom. The van der Waals surface area contributed by atoms with E-state index < -0.39 is 6.08 Å². The fraction of sp³-hybridized carbons (Fsp3) is 0.0588. The third-order valence-electron chi connectivity index (χ3n) is 3.36. The van der Waals surface area contributed by atoms with Crippen LogP contribution in [0, 0.1) is 6.92 Å². The maximum Gasteiger partial charge on any atom is 0.278 e. The summed E-state index contributed by atoms with van der Waals surface area (Å²) < 4.78 is 26.9. The van der Waals surface area contributed by atoms with Crippen LogP contribution in [0.3, 0.4) is 0 Å². The number of rotatable bonds is 2.